The van der Waals surface area contributed by atoms with Gasteiger partial charge in [0.2, 0.25) is 10.0 Å². The monoisotopic (exact) mass is 544 g/mol. The number of halogens is 1. The van der Waals surface area contributed by atoms with Gasteiger partial charge in [-0.2, -0.15) is 4.31 Å². The summed E-state index contributed by atoms with van der Waals surface area (Å²) in [6.07, 6.45) is 0. The first-order chi connectivity index (χ1) is 18.2. The number of urea groups is 1. The number of carbonyl (C=O) groups excluding carboxylic acids is 2. The van der Waals surface area contributed by atoms with E-state index in [4.69, 9.17) is 4.74 Å². The lowest BCUT2D eigenvalue weighted by Gasteiger charge is -2.42. The SMILES string of the molecule is CCOC(=O)C1=C(CN2CCN(S(=O)(=O)c3ccccc3)[C@H](C)C2)N(CC)C(=O)N[C@@H]1c1ccccc1F. The van der Waals surface area contributed by atoms with Crippen molar-refractivity contribution in [3.8, 4) is 0 Å². The molecule has 2 aromatic rings. The zero-order valence-corrected chi connectivity index (χ0v) is 22.6. The third kappa shape index (κ3) is 5.45. The Balaban J connectivity index is 1.67. The zero-order valence-electron chi connectivity index (χ0n) is 21.8. The smallest absolute Gasteiger partial charge is 0.338 e. The van der Waals surface area contributed by atoms with Gasteiger partial charge < -0.3 is 10.1 Å². The van der Waals surface area contributed by atoms with Gasteiger partial charge in [0.25, 0.3) is 0 Å². The molecule has 0 bridgehead atoms. The number of nitrogens with one attached hydrogen (secondary N) is 1. The second-order valence-corrected chi connectivity index (χ2v) is 11.1. The van der Waals surface area contributed by atoms with E-state index >= 15 is 0 Å². The van der Waals surface area contributed by atoms with Gasteiger partial charge in [0, 0.05) is 50.0 Å². The van der Waals surface area contributed by atoms with Crippen LogP contribution in [-0.2, 0) is 19.6 Å². The summed E-state index contributed by atoms with van der Waals surface area (Å²) in [4.78, 5) is 30.0. The number of nitrogens with zero attached hydrogens (tertiary/aromatic N) is 3. The maximum absolute atomic E-state index is 14.8. The van der Waals surface area contributed by atoms with Crippen LogP contribution in [0.15, 0.2) is 70.8 Å². The van der Waals surface area contributed by atoms with Gasteiger partial charge in [0.05, 0.1) is 23.1 Å². The number of likely N-dealkylation sites (N-methyl/N-ethyl adjacent to an activating group) is 1. The minimum atomic E-state index is -3.67. The van der Waals surface area contributed by atoms with Crippen molar-refractivity contribution in [3.63, 3.8) is 0 Å². The average molecular weight is 545 g/mol. The third-order valence-electron chi connectivity index (χ3n) is 6.84. The average Bonchev–Trinajstić information content (AvgIpc) is 2.89. The molecule has 11 heteroatoms. The minimum Gasteiger partial charge on any atom is -0.463 e. The molecule has 0 spiro atoms. The number of carbonyl (C=O) groups is 2. The number of ether oxygens (including phenoxy) is 1. The van der Waals surface area contributed by atoms with Crippen LogP contribution >= 0.6 is 0 Å². The van der Waals surface area contributed by atoms with Crippen LogP contribution < -0.4 is 5.32 Å². The summed E-state index contributed by atoms with van der Waals surface area (Å²) in [5.74, 6) is -1.18. The lowest BCUT2D eigenvalue weighted by Crippen LogP contribution is -2.56. The van der Waals surface area contributed by atoms with Gasteiger partial charge in [-0.1, -0.05) is 36.4 Å². The highest BCUT2D eigenvalue weighted by Crippen LogP contribution is 2.33. The van der Waals surface area contributed by atoms with Gasteiger partial charge in [-0.3, -0.25) is 9.80 Å². The number of amides is 2. The fraction of sp³-hybridized carbons (Fsp3) is 0.407. The lowest BCUT2D eigenvalue weighted by molar-refractivity contribution is -0.139. The molecule has 0 aliphatic carbocycles. The zero-order chi connectivity index (χ0) is 27.4. The molecular formula is C27H33FN4O5S. The van der Waals surface area contributed by atoms with Gasteiger partial charge in [-0.25, -0.2) is 22.4 Å². The fourth-order valence-electron chi connectivity index (χ4n) is 5.06. The lowest BCUT2D eigenvalue weighted by atomic mass is 9.93. The van der Waals surface area contributed by atoms with E-state index in [1.807, 2.05) is 11.8 Å². The summed E-state index contributed by atoms with van der Waals surface area (Å²) >= 11 is 0. The standard InChI is InChI=1S/C27H33FN4O5S/c1-4-31-23(18-30-15-16-32(19(3)17-30)38(35,36)20-11-7-6-8-12-20)24(26(33)37-5-2)25(29-27(31)34)21-13-9-10-14-22(21)28/h6-14,19,25H,4-5,15-18H2,1-3H3,(H,29,34)/t19-,25-/m1/s1. The molecule has 2 amide bonds. The second kappa shape index (κ2) is 11.6. The number of rotatable bonds is 8. The second-order valence-electron chi connectivity index (χ2n) is 9.24. The van der Waals surface area contributed by atoms with Crippen LogP contribution in [0, 0.1) is 5.82 Å². The van der Waals surface area contributed by atoms with Gasteiger partial charge in [-0.05, 0) is 39.0 Å². The Morgan fingerprint density at radius 1 is 1.08 bits per heavy atom. The number of benzene rings is 2. The fourth-order valence-corrected chi connectivity index (χ4v) is 6.69. The van der Waals surface area contributed by atoms with Gasteiger partial charge in [0.15, 0.2) is 0 Å². The first-order valence-corrected chi connectivity index (χ1v) is 14.1. The molecule has 1 saturated heterocycles. The highest BCUT2D eigenvalue weighted by atomic mass is 32.2. The molecule has 0 unspecified atom stereocenters. The molecule has 9 nitrogen and oxygen atoms in total. The largest absolute Gasteiger partial charge is 0.463 e. The van der Waals surface area contributed by atoms with E-state index in [2.05, 4.69) is 5.32 Å². The van der Waals surface area contributed by atoms with E-state index < -0.39 is 33.9 Å². The van der Waals surface area contributed by atoms with Crippen molar-refractivity contribution < 1.29 is 27.1 Å². The molecule has 4 rings (SSSR count). The normalized spacial score (nSPS) is 21.4. The predicted molar refractivity (Wildman–Crippen MR) is 140 cm³/mol. The van der Waals surface area contributed by atoms with E-state index in [1.54, 1.807) is 56.3 Å². The molecule has 0 saturated carbocycles. The topological polar surface area (TPSA) is 99.3 Å². The van der Waals surface area contributed by atoms with E-state index in [9.17, 15) is 22.4 Å². The maximum atomic E-state index is 14.8. The highest BCUT2D eigenvalue weighted by molar-refractivity contribution is 7.89. The van der Waals surface area contributed by atoms with Gasteiger partial charge in [-0.15, -0.1) is 0 Å². The van der Waals surface area contributed by atoms with Crippen molar-refractivity contribution in [2.24, 2.45) is 0 Å². The van der Waals surface area contributed by atoms with Crippen molar-refractivity contribution in [1.29, 1.82) is 0 Å². The Morgan fingerprint density at radius 2 is 1.76 bits per heavy atom. The van der Waals surface area contributed by atoms with Crippen molar-refractivity contribution in [3.05, 3.63) is 77.2 Å². The first-order valence-electron chi connectivity index (χ1n) is 12.7. The highest BCUT2D eigenvalue weighted by Gasteiger charge is 2.40. The molecule has 1 fully saturated rings. The van der Waals surface area contributed by atoms with Gasteiger partial charge in [0.1, 0.15) is 5.82 Å². The summed E-state index contributed by atoms with van der Waals surface area (Å²) in [6.45, 7) is 6.93. The molecule has 2 aromatic carbocycles. The number of esters is 1. The summed E-state index contributed by atoms with van der Waals surface area (Å²) in [7, 11) is -3.67. The Hall–Kier alpha value is -3.28. The molecule has 0 aromatic heterocycles. The van der Waals surface area contributed by atoms with E-state index in [0.29, 0.717) is 18.8 Å². The van der Waals surface area contributed by atoms with Crippen molar-refractivity contribution in [2.45, 2.75) is 37.8 Å². The first kappa shape index (κ1) is 27.7. The predicted octanol–water partition coefficient (Wildman–Crippen LogP) is 3.12. The Morgan fingerprint density at radius 3 is 2.39 bits per heavy atom. The molecule has 2 atom stereocenters. The van der Waals surface area contributed by atoms with Crippen LogP contribution in [0.3, 0.4) is 0 Å². The van der Waals surface area contributed by atoms with Gasteiger partial charge >= 0.3 is 12.0 Å². The summed E-state index contributed by atoms with van der Waals surface area (Å²) < 4.78 is 48.1. The summed E-state index contributed by atoms with van der Waals surface area (Å²) in [6, 6.07) is 12.5. The Kier molecular flexibility index (Phi) is 8.49. The quantitative estimate of drug-likeness (QED) is 0.513. The number of piperazine rings is 1. The van der Waals surface area contributed by atoms with Crippen LogP contribution in [0.5, 0.6) is 0 Å². The molecule has 2 heterocycles. The molecule has 0 radical (unpaired) electrons. The maximum Gasteiger partial charge on any atom is 0.338 e. The number of hydrogen-bond acceptors (Lipinski definition) is 6. The van der Waals surface area contributed by atoms with Crippen LogP contribution in [0.4, 0.5) is 9.18 Å². The minimum absolute atomic E-state index is 0.118. The van der Waals surface area contributed by atoms with Crippen LogP contribution in [0.25, 0.3) is 0 Å². The third-order valence-corrected chi connectivity index (χ3v) is 8.87. The van der Waals surface area contributed by atoms with E-state index in [0.717, 1.165) is 0 Å². The molecule has 38 heavy (non-hydrogen) atoms. The van der Waals surface area contributed by atoms with E-state index in [1.165, 1.54) is 21.3 Å². The van der Waals surface area contributed by atoms with Crippen molar-refractivity contribution in [1.82, 2.24) is 19.4 Å². The molecule has 1 N–H and O–H groups in total. The number of hydrogen-bond donors (Lipinski definition) is 1. The number of sulfonamides is 1. The van der Waals surface area contributed by atoms with Crippen LogP contribution in [0.2, 0.25) is 0 Å². The van der Waals surface area contributed by atoms with Crippen molar-refractivity contribution >= 4 is 22.0 Å². The van der Waals surface area contributed by atoms with Crippen molar-refractivity contribution in [2.75, 3.05) is 39.3 Å². The molecule has 2 aliphatic heterocycles. The molecule has 2 aliphatic rings. The Bertz CT molecular complexity index is 1320. The van der Waals surface area contributed by atoms with E-state index in [-0.39, 0.29) is 48.3 Å². The summed E-state index contributed by atoms with van der Waals surface area (Å²) in [5.41, 5.74) is 0.768. The Labute approximate surface area is 222 Å². The molecule has 204 valence electrons. The van der Waals surface area contributed by atoms with Crippen LogP contribution in [0.1, 0.15) is 32.4 Å². The summed E-state index contributed by atoms with van der Waals surface area (Å²) in [5, 5.41) is 2.77. The van der Waals surface area contributed by atoms with Crippen LogP contribution in [-0.4, -0.2) is 79.9 Å². The molecular weight excluding hydrogens is 511 g/mol.